The van der Waals surface area contributed by atoms with Gasteiger partial charge in [-0.15, -0.1) is 0 Å². The summed E-state index contributed by atoms with van der Waals surface area (Å²) < 4.78 is 11.3. The summed E-state index contributed by atoms with van der Waals surface area (Å²) in [4.78, 5) is 15.2. The van der Waals surface area contributed by atoms with Gasteiger partial charge < -0.3 is 25.2 Å². The van der Waals surface area contributed by atoms with E-state index in [2.05, 4.69) is 4.90 Å². The minimum absolute atomic E-state index is 0.0916. The van der Waals surface area contributed by atoms with Gasteiger partial charge in [0.2, 0.25) is 5.91 Å². The van der Waals surface area contributed by atoms with Gasteiger partial charge in [-0.3, -0.25) is 9.69 Å². The number of piperazine rings is 1. The molecule has 3 aliphatic heterocycles. The number of rotatable bonds is 1. The van der Waals surface area contributed by atoms with Crippen molar-refractivity contribution in [1.29, 1.82) is 0 Å². The smallest absolute Gasteiger partial charge is 0.219 e. The Morgan fingerprint density at radius 2 is 2.00 bits per heavy atom. The van der Waals surface area contributed by atoms with E-state index in [1.807, 2.05) is 4.90 Å². The lowest BCUT2D eigenvalue weighted by Crippen LogP contribution is -2.65. The van der Waals surface area contributed by atoms with E-state index in [0.717, 1.165) is 0 Å². The first-order valence-corrected chi connectivity index (χ1v) is 6.78. The Labute approximate surface area is 112 Å². The molecule has 0 aromatic heterocycles. The fourth-order valence-electron chi connectivity index (χ4n) is 3.15. The van der Waals surface area contributed by atoms with Crippen LogP contribution in [-0.4, -0.2) is 84.2 Å². The topological polar surface area (TPSA) is 88.3 Å². The molecule has 2 bridgehead atoms. The molecule has 3 aliphatic rings. The molecule has 0 aromatic rings. The molecule has 3 fully saturated rings. The second-order valence-corrected chi connectivity index (χ2v) is 5.48. The SMILES string of the molecule is CC(=O)N1CCN(C2C3OCC(O3)C(N)C2O)CC1. The van der Waals surface area contributed by atoms with E-state index in [-0.39, 0.29) is 18.1 Å². The third-order valence-electron chi connectivity index (χ3n) is 4.37. The third kappa shape index (κ3) is 2.25. The molecule has 0 spiro atoms. The summed E-state index contributed by atoms with van der Waals surface area (Å²) in [6, 6.07) is -0.641. The molecule has 5 unspecified atom stereocenters. The number of aliphatic hydroxyl groups excluding tert-OH is 1. The van der Waals surface area contributed by atoms with Crippen molar-refractivity contribution < 1.29 is 19.4 Å². The third-order valence-corrected chi connectivity index (χ3v) is 4.37. The largest absolute Gasteiger partial charge is 0.390 e. The highest BCUT2D eigenvalue weighted by atomic mass is 16.7. The lowest BCUT2D eigenvalue weighted by atomic mass is 9.95. The predicted molar refractivity (Wildman–Crippen MR) is 66.2 cm³/mol. The van der Waals surface area contributed by atoms with Crippen molar-refractivity contribution in [3.05, 3.63) is 0 Å². The number of hydrogen-bond acceptors (Lipinski definition) is 6. The average Bonchev–Trinajstić information content (AvgIpc) is 2.83. The highest BCUT2D eigenvalue weighted by molar-refractivity contribution is 5.73. The lowest BCUT2D eigenvalue weighted by Gasteiger charge is -2.45. The normalized spacial score (nSPS) is 43.5. The van der Waals surface area contributed by atoms with Gasteiger partial charge in [0.25, 0.3) is 0 Å². The molecule has 108 valence electrons. The zero-order chi connectivity index (χ0) is 13.6. The summed E-state index contributed by atoms with van der Waals surface area (Å²) in [6.45, 7) is 4.79. The molecule has 7 nitrogen and oxygen atoms in total. The maximum atomic E-state index is 11.3. The molecule has 0 aromatic carbocycles. The minimum Gasteiger partial charge on any atom is -0.390 e. The number of nitrogens with two attached hydrogens (primary N) is 1. The van der Waals surface area contributed by atoms with Crippen molar-refractivity contribution >= 4 is 5.91 Å². The van der Waals surface area contributed by atoms with Crippen LogP contribution in [0.1, 0.15) is 6.92 Å². The van der Waals surface area contributed by atoms with Crippen molar-refractivity contribution in [2.24, 2.45) is 5.73 Å². The maximum Gasteiger partial charge on any atom is 0.219 e. The van der Waals surface area contributed by atoms with Gasteiger partial charge in [0.15, 0.2) is 6.29 Å². The van der Waals surface area contributed by atoms with Crippen molar-refractivity contribution in [2.45, 2.75) is 37.5 Å². The Balaban J connectivity index is 1.67. The van der Waals surface area contributed by atoms with Crippen LogP contribution in [0.25, 0.3) is 0 Å². The Morgan fingerprint density at radius 1 is 1.32 bits per heavy atom. The van der Waals surface area contributed by atoms with Crippen LogP contribution < -0.4 is 5.73 Å². The number of hydrogen-bond donors (Lipinski definition) is 2. The quantitative estimate of drug-likeness (QED) is 0.571. The highest BCUT2D eigenvalue weighted by Crippen LogP contribution is 2.30. The summed E-state index contributed by atoms with van der Waals surface area (Å²) >= 11 is 0. The summed E-state index contributed by atoms with van der Waals surface area (Å²) in [5, 5.41) is 10.3. The van der Waals surface area contributed by atoms with Crippen molar-refractivity contribution in [1.82, 2.24) is 9.80 Å². The number of carbonyl (C=O) groups excluding carboxylic acids is 1. The standard InChI is InChI=1S/C12H21N3O4/c1-7(16)14-2-4-15(5-3-14)10-11(17)9(13)8-6-18-12(10)19-8/h8-12,17H,2-6,13H2,1H3. The van der Waals surface area contributed by atoms with Crippen LogP contribution in [0.15, 0.2) is 0 Å². The van der Waals surface area contributed by atoms with Crippen molar-refractivity contribution in [3.63, 3.8) is 0 Å². The molecular formula is C12H21N3O4. The first-order valence-electron chi connectivity index (χ1n) is 6.78. The molecule has 0 aliphatic carbocycles. The molecule has 5 atom stereocenters. The van der Waals surface area contributed by atoms with E-state index in [4.69, 9.17) is 15.2 Å². The average molecular weight is 271 g/mol. The zero-order valence-electron chi connectivity index (χ0n) is 11.1. The van der Waals surface area contributed by atoms with Gasteiger partial charge in [-0.2, -0.15) is 0 Å². The number of nitrogens with zero attached hydrogens (tertiary/aromatic N) is 2. The minimum atomic E-state index is -0.643. The number of fused-ring (bicyclic) bond motifs is 2. The predicted octanol–water partition coefficient (Wildman–Crippen LogP) is -2.04. The van der Waals surface area contributed by atoms with Gasteiger partial charge in [-0.05, 0) is 0 Å². The highest BCUT2D eigenvalue weighted by Gasteiger charge is 2.51. The first-order chi connectivity index (χ1) is 9.08. The molecule has 3 heterocycles. The van der Waals surface area contributed by atoms with Crippen LogP contribution in [0.5, 0.6) is 0 Å². The summed E-state index contributed by atoms with van der Waals surface area (Å²) in [7, 11) is 0. The van der Waals surface area contributed by atoms with Crippen LogP contribution in [0.2, 0.25) is 0 Å². The van der Waals surface area contributed by atoms with Crippen LogP contribution >= 0.6 is 0 Å². The van der Waals surface area contributed by atoms with Gasteiger partial charge in [-0.1, -0.05) is 0 Å². The molecule has 0 saturated carbocycles. The van der Waals surface area contributed by atoms with E-state index in [9.17, 15) is 9.90 Å². The van der Waals surface area contributed by atoms with Gasteiger partial charge in [0, 0.05) is 33.1 Å². The summed E-state index contributed by atoms with van der Waals surface area (Å²) in [6.07, 6.45) is -1.24. The lowest BCUT2D eigenvalue weighted by molar-refractivity contribution is -0.182. The molecule has 3 N–H and O–H groups in total. The monoisotopic (exact) mass is 271 g/mol. The van der Waals surface area contributed by atoms with E-state index in [0.29, 0.717) is 32.8 Å². The van der Waals surface area contributed by atoms with Gasteiger partial charge in [-0.25, -0.2) is 0 Å². The van der Waals surface area contributed by atoms with E-state index in [1.54, 1.807) is 6.92 Å². The van der Waals surface area contributed by atoms with Crippen LogP contribution in [-0.2, 0) is 14.3 Å². The summed E-state index contributed by atoms with van der Waals surface area (Å²) in [5.74, 6) is 0.0916. The first kappa shape index (κ1) is 13.3. The molecule has 19 heavy (non-hydrogen) atoms. The second-order valence-electron chi connectivity index (χ2n) is 5.48. The molecule has 3 saturated heterocycles. The number of ether oxygens (including phenoxy) is 2. The number of amides is 1. The van der Waals surface area contributed by atoms with E-state index in [1.165, 1.54) is 0 Å². The number of carbonyl (C=O) groups is 1. The van der Waals surface area contributed by atoms with Gasteiger partial charge in [0.05, 0.1) is 24.8 Å². The van der Waals surface area contributed by atoms with Crippen LogP contribution in [0.3, 0.4) is 0 Å². The van der Waals surface area contributed by atoms with Crippen LogP contribution in [0.4, 0.5) is 0 Å². The molecule has 0 radical (unpaired) electrons. The Morgan fingerprint density at radius 3 is 2.63 bits per heavy atom. The van der Waals surface area contributed by atoms with Crippen molar-refractivity contribution in [3.8, 4) is 0 Å². The fourth-order valence-corrected chi connectivity index (χ4v) is 3.15. The number of aliphatic hydroxyl groups is 1. The van der Waals surface area contributed by atoms with Crippen LogP contribution in [0, 0.1) is 0 Å². The molecular weight excluding hydrogens is 250 g/mol. The van der Waals surface area contributed by atoms with E-state index < -0.39 is 18.4 Å². The van der Waals surface area contributed by atoms with Crippen molar-refractivity contribution in [2.75, 3.05) is 32.8 Å². The maximum absolute atomic E-state index is 11.3. The Hall–Kier alpha value is -0.730. The fraction of sp³-hybridized carbons (Fsp3) is 0.917. The van der Waals surface area contributed by atoms with Gasteiger partial charge >= 0.3 is 0 Å². The zero-order valence-corrected chi connectivity index (χ0v) is 11.1. The Bertz CT molecular complexity index is 359. The summed E-state index contributed by atoms with van der Waals surface area (Å²) in [5.41, 5.74) is 5.99. The molecule has 7 heteroatoms. The molecule has 1 amide bonds. The van der Waals surface area contributed by atoms with Gasteiger partial charge in [0.1, 0.15) is 6.10 Å². The van der Waals surface area contributed by atoms with E-state index >= 15 is 0 Å². The molecule has 3 rings (SSSR count). The Kier molecular flexibility index (Phi) is 3.48. The second kappa shape index (κ2) is 4.99.